The quantitative estimate of drug-likeness (QED) is 0.384. The molecule has 0 aliphatic carbocycles. The number of esters is 1. The number of rotatable bonds is 6. The molecular formula is C24H21BClNO6S. The Balaban J connectivity index is 1.74. The molecule has 34 heavy (non-hydrogen) atoms. The first-order valence-electron chi connectivity index (χ1n) is 10.5. The zero-order valence-electron chi connectivity index (χ0n) is 18.4. The van der Waals surface area contributed by atoms with Crippen LogP contribution in [0, 0.1) is 6.92 Å². The molecule has 2 atom stereocenters. The molecule has 10 heteroatoms. The van der Waals surface area contributed by atoms with E-state index < -0.39 is 41.2 Å². The normalized spacial score (nSPS) is 17.3. The third-order valence-corrected chi connectivity index (χ3v) is 7.57. The number of halogens is 1. The molecule has 0 amide bonds. The van der Waals surface area contributed by atoms with E-state index in [1.807, 2.05) is 6.92 Å². The maximum absolute atomic E-state index is 13.7. The van der Waals surface area contributed by atoms with E-state index in [-0.39, 0.29) is 10.5 Å². The number of hydrogen-bond acceptors (Lipinski definition) is 6. The van der Waals surface area contributed by atoms with Crippen molar-refractivity contribution >= 4 is 46.1 Å². The van der Waals surface area contributed by atoms with Gasteiger partial charge in [-0.15, -0.1) is 0 Å². The Hall–Kier alpha value is -3.14. The van der Waals surface area contributed by atoms with Gasteiger partial charge in [0.25, 0.3) is 0 Å². The van der Waals surface area contributed by atoms with Gasteiger partial charge in [-0.2, -0.15) is 4.22 Å². The van der Waals surface area contributed by atoms with Crippen LogP contribution in [0.4, 0.5) is 0 Å². The second kappa shape index (κ2) is 9.62. The Labute approximate surface area is 203 Å². The van der Waals surface area contributed by atoms with Crippen LogP contribution in [-0.2, 0) is 24.2 Å². The molecule has 0 bridgehead atoms. The van der Waals surface area contributed by atoms with Crippen molar-refractivity contribution in [1.29, 1.82) is 0 Å². The van der Waals surface area contributed by atoms with Crippen LogP contribution in [0.1, 0.15) is 22.8 Å². The van der Waals surface area contributed by atoms with Crippen LogP contribution in [0.25, 0.3) is 0 Å². The van der Waals surface area contributed by atoms with Gasteiger partial charge in [-0.25, -0.2) is 13.2 Å². The standard InChI is InChI=1S/C24H21BClNO6S/c1-16-8-14-21(15-9-16)34(30,31)27-22(17(2)32-23(28)18-6-4-3-5-7-18)24(29)33-25(27)19-10-12-20(26)13-11-19/h3-15,17,22H,1-2H3/t17-,22-/m0/s1. The molecule has 0 N–H and O–H groups in total. The molecule has 1 saturated heterocycles. The van der Waals surface area contributed by atoms with E-state index in [2.05, 4.69) is 0 Å². The lowest BCUT2D eigenvalue weighted by Crippen LogP contribution is -2.54. The number of carbonyl (C=O) groups is 2. The summed E-state index contributed by atoms with van der Waals surface area (Å²) in [6, 6.07) is 19.4. The Kier molecular flexibility index (Phi) is 6.79. The maximum atomic E-state index is 13.7. The van der Waals surface area contributed by atoms with Gasteiger partial charge in [0.15, 0.2) is 6.04 Å². The zero-order valence-corrected chi connectivity index (χ0v) is 20.0. The summed E-state index contributed by atoms with van der Waals surface area (Å²) in [5.41, 5.74) is 1.57. The van der Waals surface area contributed by atoms with Gasteiger partial charge >= 0.3 is 19.0 Å². The summed E-state index contributed by atoms with van der Waals surface area (Å²) in [4.78, 5) is 25.6. The van der Waals surface area contributed by atoms with E-state index in [1.165, 1.54) is 19.1 Å². The van der Waals surface area contributed by atoms with Crippen LogP contribution in [0.15, 0.2) is 83.8 Å². The van der Waals surface area contributed by atoms with Crippen molar-refractivity contribution in [1.82, 2.24) is 4.22 Å². The molecule has 3 aromatic carbocycles. The Morgan fingerprint density at radius 1 is 1.03 bits per heavy atom. The Morgan fingerprint density at radius 2 is 1.65 bits per heavy atom. The van der Waals surface area contributed by atoms with E-state index in [4.69, 9.17) is 21.0 Å². The first-order valence-corrected chi connectivity index (χ1v) is 12.3. The fourth-order valence-electron chi connectivity index (χ4n) is 3.71. The molecule has 1 aliphatic rings. The van der Waals surface area contributed by atoms with Gasteiger partial charge in [0, 0.05) is 5.02 Å². The second-order valence-corrected chi connectivity index (χ2v) is 10.2. The highest BCUT2D eigenvalue weighted by Crippen LogP contribution is 2.29. The smallest absolute Gasteiger partial charge is 0.502 e. The molecule has 0 spiro atoms. The number of carbonyl (C=O) groups excluding carboxylic acids is 2. The van der Waals surface area contributed by atoms with Crippen molar-refractivity contribution in [3.05, 3.63) is 95.0 Å². The largest absolute Gasteiger partial charge is 0.514 e. The van der Waals surface area contributed by atoms with Gasteiger partial charge in [-0.3, -0.25) is 4.79 Å². The van der Waals surface area contributed by atoms with Crippen LogP contribution in [0.3, 0.4) is 0 Å². The molecule has 0 saturated carbocycles. The minimum atomic E-state index is -4.23. The van der Waals surface area contributed by atoms with Gasteiger partial charge in [-0.05, 0) is 55.7 Å². The first-order chi connectivity index (χ1) is 16.2. The van der Waals surface area contributed by atoms with Crippen molar-refractivity contribution in [2.75, 3.05) is 0 Å². The molecular weight excluding hydrogens is 477 g/mol. The Morgan fingerprint density at radius 3 is 2.26 bits per heavy atom. The topological polar surface area (TPSA) is 90.0 Å². The van der Waals surface area contributed by atoms with Gasteiger partial charge < -0.3 is 9.39 Å². The predicted molar refractivity (Wildman–Crippen MR) is 128 cm³/mol. The predicted octanol–water partition coefficient (Wildman–Crippen LogP) is 3.21. The second-order valence-electron chi connectivity index (χ2n) is 7.91. The third kappa shape index (κ3) is 4.73. The first kappa shape index (κ1) is 24.0. The van der Waals surface area contributed by atoms with E-state index in [9.17, 15) is 18.0 Å². The molecule has 3 aromatic rings. The third-order valence-electron chi connectivity index (χ3n) is 5.47. The summed E-state index contributed by atoms with van der Waals surface area (Å²) in [5.74, 6) is -1.49. The van der Waals surface area contributed by atoms with E-state index in [1.54, 1.807) is 66.7 Å². The summed E-state index contributed by atoms with van der Waals surface area (Å²) in [6.07, 6.45) is -1.13. The summed E-state index contributed by atoms with van der Waals surface area (Å²) >= 11 is 5.98. The molecule has 0 aromatic heterocycles. The highest BCUT2D eigenvalue weighted by Gasteiger charge is 2.56. The summed E-state index contributed by atoms with van der Waals surface area (Å²) in [7, 11) is -5.48. The molecule has 1 aliphatic heterocycles. The molecule has 174 valence electrons. The highest BCUT2D eigenvalue weighted by molar-refractivity contribution is 7.90. The van der Waals surface area contributed by atoms with Crippen molar-refractivity contribution < 1.29 is 27.4 Å². The van der Waals surface area contributed by atoms with Crippen molar-refractivity contribution in [2.24, 2.45) is 0 Å². The monoisotopic (exact) mass is 497 g/mol. The lowest BCUT2D eigenvalue weighted by atomic mass is 9.74. The summed E-state index contributed by atoms with van der Waals surface area (Å²) in [6.45, 7) is 3.30. The maximum Gasteiger partial charge on any atom is 0.502 e. The van der Waals surface area contributed by atoms with Crippen LogP contribution in [-0.4, -0.2) is 43.8 Å². The van der Waals surface area contributed by atoms with Crippen molar-refractivity contribution in [3.8, 4) is 0 Å². The highest BCUT2D eigenvalue weighted by atomic mass is 35.5. The fraction of sp³-hybridized carbons (Fsp3) is 0.167. The SMILES string of the molecule is Cc1ccc(S(=O)(=O)N2B(c3ccc(Cl)cc3)OC(=O)[C@@H]2[C@H](C)OC(=O)c2ccccc2)cc1. The van der Waals surface area contributed by atoms with Crippen molar-refractivity contribution in [2.45, 2.75) is 30.9 Å². The lowest BCUT2D eigenvalue weighted by Gasteiger charge is -2.27. The van der Waals surface area contributed by atoms with Crippen LogP contribution >= 0.6 is 11.6 Å². The minimum absolute atomic E-state index is 0.0121. The van der Waals surface area contributed by atoms with Gasteiger partial charge in [0.1, 0.15) is 6.10 Å². The van der Waals surface area contributed by atoms with E-state index in [0.29, 0.717) is 10.5 Å². The number of benzene rings is 3. The van der Waals surface area contributed by atoms with Gasteiger partial charge in [-0.1, -0.05) is 59.6 Å². The average Bonchev–Trinajstić information content (AvgIpc) is 3.18. The molecule has 7 nitrogen and oxygen atoms in total. The number of hydrogen-bond donors (Lipinski definition) is 0. The number of sulfonamides is 1. The fourth-order valence-corrected chi connectivity index (χ4v) is 5.53. The van der Waals surface area contributed by atoms with E-state index in [0.717, 1.165) is 9.78 Å². The molecule has 4 rings (SSSR count). The van der Waals surface area contributed by atoms with Gasteiger partial charge in [0.2, 0.25) is 10.0 Å². The lowest BCUT2D eigenvalue weighted by molar-refractivity contribution is -0.136. The average molecular weight is 498 g/mol. The summed E-state index contributed by atoms with van der Waals surface area (Å²) < 4.78 is 39.5. The zero-order chi connectivity index (χ0) is 24.5. The Bertz CT molecular complexity index is 1300. The van der Waals surface area contributed by atoms with Crippen LogP contribution in [0.5, 0.6) is 0 Å². The number of nitrogens with zero attached hydrogens (tertiary/aromatic N) is 1. The number of aryl methyl sites for hydroxylation is 1. The molecule has 1 heterocycles. The van der Waals surface area contributed by atoms with Crippen LogP contribution in [0.2, 0.25) is 5.02 Å². The summed E-state index contributed by atoms with van der Waals surface area (Å²) in [5, 5.41) is 0.447. The van der Waals surface area contributed by atoms with Crippen LogP contribution < -0.4 is 5.46 Å². The number of ether oxygens (including phenoxy) is 1. The van der Waals surface area contributed by atoms with Crippen molar-refractivity contribution in [3.63, 3.8) is 0 Å². The van der Waals surface area contributed by atoms with Gasteiger partial charge in [0.05, 0.1) is 10.5 Å². The molecule has 1 fully saturated rings. The minimum Gasteiger partial charge on any atom is -0.514 e. The molecule has 0 radical (unpaired) electrons. The molecule has 0 unspecified atom stereocenters. The van der Waals surface area contributed by atoms with E-state index >= 15 is 0 Å².